The highest BCUT2D eigenvalue weighted by molar-refractivity contribution is 6.30. The molecule has 0 aliphatic heterocycles. The van der Waals surface area contributed by atoms with Gasteiger partial charge in [0.25, 0.3) is 5.91 Å². The van der Waals surface area contributed by atoms with Crippen molar-refractivity contribution < 1.29 is 14.3 Å². The van der Waals surface area contributed by atoms with Gasteiger partial charge in [0.15, 0.2) is 0 Å². The number of amides is 1. The van der Waals surface area contributed by atoms with Gasteiger partial charge in [-0.25, -0.2) is 0 Å². The monoisotopic (exact) mass is 333 g/mol. The molecule has 5 heteroatoms. The summed E-state index contributed by atoms with van der Waals surface area (Å²) in [7, 11) is 1.75. The topological polar surface area (TPSA) is 38.8 Å². The van der Waals surface area contributed by atoms with Crippen molar-refractivity contribution in [2.45, 2.75) is 6.92 Å². The summed E-state index contributed by atoms with van der Waals surface area (Å²) in [6.45, 7) is 3.35. The molecule has 0 fully saturated rings. The van der Waals surface area contributed by atoms with Gasteiger partial charge >= 0.3 is 0 Å². The molecule has 0 aliphatic rings. The molecule has 0 atom stereocenters. The Morgan fingerprint density at radius 1 is 1.09 bits per heavy atom. The van der Waals surface area contributed by atoms with Crippen LogP contribution in [-0.4, -0.2) is 37.6 Å². The Morgan fingerprint density at radius 3 is 2.48 bits per heavy atom. The molecule has 0 aromatic heterocycles. The van der Waals surface area contributed by atoms with Crippen LogP contribution in [0.4, 0.5) is 0 Å². The van der Waals surface area contributed by atoms with Gasteiger partial charge in [-0.15, -0.1) is 0 Å². The van der Waals surface area contributed by atoms with Gasteiger partial charge in [0.2, 0.25) is 0 Å². The fraction of sp³-hybridized carbons (Fsp3) is 0.278. The van der Waals surface area contributed by atoms with Gasteiger partial charge in [-0.05, 0) is 43.3 Å². The zero-order valence-electron chi connectivity index (χ0n) is 13.3. The van der Waals surface area contributed by atoms with Crippen molar-refractivity contribution in [1.29, 1.82) is 0 Å². The largest absolute Gasteiger partial charge is 0.494 e. The van der Waals surface area contributed by atoms with E-state index in [4.69, 9.17) is 21.1 Å². The lowest BCUT2D eigenvalue weighted by Crippen LogP contribution is -2.30. The summed E-state index contributed by atoms with van der Waals surface area (Å²) in [5.41, 5.74) is 0.598. The Kier molecular flexibility index (Phi) is 6.29. The van der Waals surface area contributed by atoms with E-state index in [1.165, 1.54) is 0 Å². The van der Waals surface area contributed by atoms with Crippen LogP contribution < -0.4 is 9.47 Å². The summed E-state index contributed by atoms with van der Waals surface area (Å²) >= 11 is 5.90. The quantitative estimate of drug-likeness (QED) is 0.771. The molecule has 23 heavy (non-hydrogen) atoms. The number of nitrogens with zero attached hydrogens (tertiary/aromatic N) is 1. The van der Waals surface area contributed by atoms with Gasteiger partial charge in [0.1, 0.15) is 18.1 Å². The Balaban J connectivity index is 1.88. The maximum atomic E-state index is 12.4. The van der Waals surface area contributed by atoms with Crippen molar-refractivity contribution in [3.05, 3.63) is 59.1 Å². The first-order chi connectivity index (χ1) is 11.1. The van der Waals surface area contributed by atoms with E-state index in [-0.39, 0.29) is 5.91 Å². The molecule has 0 N–H and O–H groups in total. The third-order valence-corrected chi connectivity index (χ3v) is 3.47. The molecule has 0 bridgehead atoms. The van der Waals surface area contributed by atoms with E-state index in [9.17, 15) is 4.79 Å². The van der Waals surface area contributed by atoms with Gasteiger partial charge in [-0.3, -0.25) is 4.79 Å². The van der Waals surface area contributed by atoms with Crippen LogP contribution in [0.3, 0.4) is 0 Å². The minimum atomic E-state index is -0.0683. The second-order valence-electron chi connectivity index (χ2n) is 4.99. The molecule has 0 saturated carbocycles. The van der Waals surface area contributed by atoms with E-state index < -0.39 is 0 Å². The van der Waals surface area contributed by atoms with Gasteiger partial charge in [-0.1, -0.05) is 23.7 Å². The number of likely N-dealkylation sites (N-methyl/N-ethyl adjacent to an activating group) is 1. The number of carbonyl (C=O) groups excluding carboxylic acids is 1. The number of hydrogen-bond donors (Lipinski definition) is 0. The Labute approximate surface area is 141 Å². The average molecular weight is 334 g/mol. The number of benzene rings is 2. The molecule has 0 saturated heterocycles. The second kappa shape index (κ2) is 8.44. The summed E-state index contributed by atoms with van der Waals surface area (Å²) in [5, 5.41) is 0.625. The average Bonchev–Trinajstić information content (AvgIpc) is 2.55. The highest BCUT2D eigenvalue weighted by Gasteiger charge is 2.12. The lowest BCUT2D eigenvalue weighted by Gasteiger charge is -2.18. The molecule has 1 amide bonds. The second-order valence-corrected chi connectivity index (χ2v) is 5.43. The van der Waals surface area contributed by atoms with Crippen molar-refractivity contribution in [3.63, 3.8) is 0 Å². The van der Waals surface area contributed by atoms with Crippen molar-refractivity contribution >= 4 is 17.5 Å². The highest BCUT2D eigenvalue weighted by atomic mass is 35.5. The van der Waals surface area contributed by atoms with Crippen LogP contribution in [0, 0.1) is 0 Å². The SMILES string of the molecule is CCOc1cccc(C(=O)N(C)CCOc2cccc(Cl)c2)c1. The molecule has 0 spiro atoms. The van der Waals surface area contributed by atoms with E-state index in [0.29, 0.717) is 41.8 Å². The van der Waals surface area contributed by atoms with Crippen molar-refractivity contribution in [3.8, 4) is 11.5 Å². The first-order valence-corrected chi connectivity index (χ1v) is 7.84. The zero-order chi connectivity index (χ0) is 16.7. The van der Waals surface area contributed by atoms with E-state index in [1.54, 1.807) is 36.2 Å². The highest BCUT2D eigenvalue weighted by Crippen LogP contribution is 2.17. The summed E-state index contributed by atoms with van der Waals surface area (Å²) in [6.07, 6.45) is 0. The molecule has 4 nitrogen and oxygen atoms in total. The molecule has 0 heterocycles. The van der Waals surface area contributed by atoms with Crippen LogP contribution in [0.15, 0.2) is 48.5 Å². The summed E-state index contributed by atoms with van der Waals surface area (Å²) in [5.74, 6) is 1.32. The van der Waals surface area contributed by atoms with E-state index in [1.807, 2.05) is 31.2 Å². The first-order valence-electron chi connectivity index (χ1n) is 7.47. The van der Waals surface area contributed by atoms with Crippen LogP contribution in [0.2, 0.25) is 5.02 Å². The van der Waals surface area contributed by atoms with Crippen molar-refractivity contribution in [2.24, 2.45) is 0 Å². The molecule has 2 rings (SSSR count). The summed E-state index contributed by atoms with van der Waals surface area (Å²) in [6, 6.07) is 14.4. The Hall–Kier alpha value is -2.20. The van der Waals surface area contributed by atoms with Crippen LogP contribution in [0.5, 0.6) is 11.5 Å². The minimum absolute atomic E-state index is 0.0683. The standard InChI is InChI=1S/C18H20ClNO3/c1-3-22-16-8-4-6-14(12-16)18(21)20(2)10-11-23-17-9-5-7-15(19)13-17/h4-9,12-13H,3,10-11H2,1-2H3. The van der Waals surface area contributed by atoms with Gasteiger partial charge < -0.3 is 14.4 Å². The van der Waals surface area contributed by atoms with Gasteiger partial charge in [0.05, 0.1) is 13.2 Å². The zero-order valence-corrected chi connectivity index (χ0v) is 14.0. The molecule has 122 valence electrons. The maximum Gasteiger partial charge on any atom is 0.253 e. The summed E-state index contributed by atoms with van der Waals surface area (Å²) in [4.78, 5) is 14.0. The number of rotatable bonds is 7. The number of hydrogen-bond acceptors (Lipinski definition) is 3. The Bertz CT molecular complexity index is 660. The Morgan fingerprint density at radius 2 is 1.78 bits per heavy atom. The van der Waals surface area contributed by atoms with Crippen molar-refractivity contribution in [1.82, 2.24) is 4.90 Å². The van der Waals surface area contributed by atoms with E-state index in [2.05, 4.69) is 0 Å². The van der Waals surface area contributed by atoms with Crippen LogP contribution >= 0.6 is 11.6 Å². The fourth-order valence-electron chi connectivity index (χ4n) is 2.06. The third kappa shape index (κ3) is 5.18. The smallest absolute Gasteiger partial charge is 0.253 e. The van der Waals surface area contributed by atoms with Gasteiger partial charge in [0, 0.05) is 17.6 Å². The van der Waals surface area contributed by atoms with E-state index >= 15 is 0 Å². The summed E-state index contributed by atoms with van der Waals surface area (Å²) < 4.78 is 11.0. The molecule has 2 aromatic rings. The number of carbonyl (C=O) groups is 1. The normalized spacial score (nSPS) is 10.2. The molecule has 0 unspecified atom stereocenters. The number of halogens is 1. The molecule has 2 aromatic carbocycles. The van der Waals surface area contributed by atoms with Crippen LogP contribution in [-0.2, 0) is 0 Å². The third-order valence-electron chi connectivity index (χ3n) is 3.23. The molecule has 0 aliphatic carbocycles. The minimum Gasteiger partial charge on any atom is -0.494 e. The van der Waals surface area contributed by atoms with Crippen LogP contribution in [0.25, 0.3) is 0 Å². The molecular weight excluding hydrogens is 314 g/mol. The first kappa shape index (κ1) is 17.2. The molecular formula is C18H20ClNO3. The predicted molar refractivity (Wildman–Crippen MR) is 91.5 cm³/mol. The van der Waals surface area contributed by atoms with Gasteiger partial charge in [-0.2, -0.15) is 0 Å². The van der Waals surface area contributed by atoms with E-state index in [0.717, 1.165) is 0 Å². The fourth-order valence-corrected chi connectivity index (χ4v) is 2.24. The van der Waals surface area contributed by atoms with Crippen molar-refractivity contribution in [2.75, 3.05) is 26.8 Å². The lowest BCUT2D eigenvalue weighted by molar-refractivity contribution is 0.0773. The maximum absolute atomic E-state index is 12.4. The number of ether oxygens (including phenoxy) is 2. The molecule has 0 radical (unpaired) electrons. The van der Waals surface area contributed by atoms with Crippen LogP contribution in [0.1, 0.15) is 17.3 Å². The lowest BCUT2D eigenvalue weighted by atomic mass is 10.2. The predicted octanol–water partition coefficient (Wildman–Crippen LogP) is 3.89.